The first-order chi connectivity index (χ1) is 8.38. The van der Waals surface area contributed by atoms with E-state index < -0.39 is 5.97 Å². The predicted molar refractivity (Wildman–Crippen MR) is 67.7 cm³/mol. The zero-order valence-electron chi connectivity index (χ0n) is 11.1. The van der Waals surface area contributed by atoms with Crippen LogP contribution >= 0.6 is 0 Å². The number of aromatic carboxylic acids is 1. The summed E-state index contributed by atoms with van der Waals surface area (Å²) in [6, 6.07) is 1.60. The lowest BCUT2D eigenvalue weighted by atomic mass is 10.00. The molecule has 0 aliphatic carbocycles. The fourth-order valence-corrected chi connectivity index (χ4v) is 2.27. The summed E-state index contributed by atoms with van der Waals surface area (Å²) in [5.41, 5.74) is 0.360. The monoisotopic (exact) mass is 252 g/mol. The quantitative estimate of drug-likeness (QED) is 0.883. The summed E-state index contributed by atoms with van der Waals surface area (Å²) in [6.07, 6.45) is 1.30. The van der Waals surface area contributed by atoms with E-state index in [4.69, 9.17) is 9.52 Å². The van der Waals surface area contributed by atoms with Crippen molar-refractivity contribution in [3.8, 4) is 0 Å². The highest BCUT2D eigenvalue weighted by Gasteiger charge is 2.31. The topological polar surface area (TPSA) is 56.9 Å². The number of carboxylic acids is 1. The second-order valence-corrected chi connectivity index (χ2v) is 5.55. The van der Waals surface area contributed by atoms with Crippen molar-refractivity contribution < 1.29 is 14.3 Å². The third-order valence-corrected chi connectivity index (χ3v) is 3.68. The summed E-state index contributed by atoms with van der Waals surface area (Å²) in [7, 11) is 2.13. The normalized spacial score (nSPS) is 21.1. The third kappa shape index (κ3) is 2.73. The molecule has 18 heavy (non-hydrogen) atoms. The standard InChI is InChI=1S/C13H20N2O3/c1-13(2)9-15(5-4-14(13)3)7-11-6-10(8-18-11)12(16)17/h6,8H,4-5,7,9H2,1-3H3,(H,16,17). The molecule has 0 spiro atoms. The van der Waals surface area contributed by atoms with Gasteiger partial charge in [0.25, 0.3) is 0 Å². The Balaban J connectivity index is 1.99. The van der Waals surface area contributed by atoms with E-state index in [9.17, 15) is 4.79 Å². The SMILES string of the molecule is CN1CCN(Cc2cc(C(=O)O)co2)CC1(C)C. The van der Waals surface area contributed by atoms with Crippen molar-refractivity contribution in [1.29, 1.82) is 0 Å². The van der Waals surface area contributed by atoms with Gasteiger partial charge in [0, 0.05) is 25.2 Å². The molecule has 0 atom stereocenters. The van der Waals surface area contributed by atoms with Crippen LogP contribution in [0.25, 0.3) is 0 Å². The van der Waals surface area contributed by atoms with Crippen molar-refractivity contribution in [2.75, 3.05) is 26.7 Å². The van der Waals surface area contributed by atoms with E-state index in [1.54, 1.807) is 6.07 Å². The molecule has 0 radical (unpaired) electrons. The Labute approximate surface area is 107 Å². The number of hydrogen-bond donors (Lipinski definition) is 1. The molecule has 0 amide bonds. The predicted octanol–water partition coefficient (Wildman–Crippen LogP) is 1.50. The second kappa shape index (κ2) is 4.74. The van der Waals surface area contributed by atoms with E-state index in [0.29, 0.717) is 12.3 Å². The molecule has 1 aromatic rings. The van der Waals surface area contributed by atoms with Gasteiger partial charge in [0.15, 0.2) is 0 Å². The first-order valence-electron chi connectivity index (χ1n) is 6.13. The zero-order valence-corrected chi connectivity index (χ0v) is 11.1. The largest absolute Gasteiger partial charge is 0.478 e. The van der Waals surface area contributed by atoms with E-state index in [1.807, 2.05) is 0 Å². The maximum Gasteiger partial charge on any atom is 0.338 e. The number of carboxylic acid groups (broad SMARTS) is 1. The van der Waals surface area contributed by atoms with Crippen molar-refractivity contribution in [2.45, 2.75) is 25.9 Å². The van der Waals surface area contributed by atoms with Crippen LogP contribution in [0.4, 0.5) is 0 Å². The van der Waals surface area contributed by atoms with Crippen molar-refractivity contribution in [3.63, 3.8) is 0 Å². The summed E-state index contributed by atoms with van der Waals surface area (Å²) in [4.78, 5) is 15.4. The Morgan fingerprint density at radius 3 is 2.78 bits per heavy atom. The van der Waals surface area contributed by atoms with Crippen LogP contribution in [0.5, 0.6) is 0 Å². The number of likely N-dealkylation sites (N-methyl/N-ethyl adjacent to an activating group) is 1. The van der Waals surface area contributed by atoms with Crippen LogP contribution in [-0.4, -0.2) is 53.1 Å². The van der Waals surface area contributed by atoms with E-state index in [-0.39, 0.29) is 11.1 Å². The molecule has 0 saturated carbocycles. The third-order valence-electron chi connectivity index (χ3n) is 3.68. The summed E-state index contributed by atoms with van der Waals surface area (Å²) in [5, 5.41) is 8.84. The van der Waals surface area contributed by atoms with Gasteiger partial charge in [-0.1, -0.05) is 0 Å². The molecule has 1 fully saturated rings. The van der Waals surface area contributed by atoms with Gasteiger partial charge in [0.2, 0.25) is 0 Å². The zero-order chi connectivity index (χ0) is 13.3. The maximum atomic E-state index is 10.8. The van der Waals surface area contributed by atoms with Gasteiger partial charge in [-0.15, -0.1) is 0 Å². The van der Waals surface area contributed by atoms with E-state index in [1.165, 1.54) is 6.26 Å². The molecule has 1 aromatic heterocycles. The number of furan rings is 1. The van der Waals surface area contributed by atoms with E-state index in [0.717, 1.165) is 19.6 Å². The summed E-state index contributed by atoms with van der Waals surface area (Å²) in [5.74, 6) is -0.225. The van der Waals surface area contributed by atoms with Crippen LogP contribution in [-0.2, 0) is 6.54 Å². The molecule has 1 aliphatic rings. The smallest absolute Gasteiger partial charge is 0.338 e. The van der Waals surface area contributed by atoms with Crippen LogP contribution in [0.15, 0.2) is 16.7 Å². The first-order valence-corrected chi connectivity index (χ1v) is 6.13. The Morgan fingerprint density at radius 1 is 1.50 bits per heavy atom. The van der Waals surface area contributed by atoms with Crippen molar-refractivity contribution in [3.05, 3.63) is 23.7 Å². The minimum Gasteiger partial charge on any atom is -0.478 e. The number of hydrogen-bond acceptors (Lipinski definition) is 4. The minimum absolute atomic E-state index is 0.139. The molecule has 5 heteroatoms. The van der Waals surface area contributed by atoms with Gasteiger partial charge in [-0.2, -0.15) is 0 Å². The van der Waals surface area contributed by atoms with Crippen LogP contribution < -0.4 is 0 Å². The molecular weight excluding hydrogens is 232 g/mol. The Bertz CT molecular complexity index is 439. The molecule has 5 nitrogen and oxygen atoms in total. The van der Waals surface area contributed by atoms with Crippen LogP contribution in [0.1, 0.15) is 30.0 Å². The van der Waals surface area contributed by atoms with Gasteiger partial charge in [0.05, 0.1) is 12.1 Å². The van der Waals surface area contributed by atoms with Gasteiger partial charge in [-0.3, -0.25) is 9.80 Å². The Hall–Kier alpha value is -1.33. The van der Waals surface area contributed by atoms with Gasteiger partial charge in [-0.25, -0.2) is 4.79 Å². The fourth-order valence-electron chi connectivity index (χ4n) is 2.27. The fraction of sp³-hybridized carbons (Fsp3) is 0.615. The lowest BCUT2D eigenvalue weighted by Gasteiger charge is -2.45. The summed E-state index contributed by atoms with van der Waals surface area (Å²) >= 11 is 0. The van der Waals surface area contributed by atoms with Crippen molar-refractivity contribution >= 4 is 5.97 Å². The van der Waals surface area contributed by atoms with Crippen molar-refractivity contribution in [2.24, 2.45) is 0 Å². The van der Waals surface area contributed by atoms with Gasteiger partial charge >= 0.3 is 5.97 Å². The van der Waals surface area contributed by atoms with Gasteiger partial charge in [0.1, 0.15) is 12.0 Å². The number of carbonyl (C=O) groups is 1. The lowest BCUT2D eigenvalue weighted by molar-refractivity contribution is 0.0328. The Kier molecular flexibility index (Phi) is 3.45. The second-order valence-electron chi connectivity index (χ2n) is 5.55. The maximum absolute atomic E-state index is 10.8. The first kappa shape index (κ1) is 13.1. The molecule has 1 aliphatic heterocycles. The summed E-state index contributed by atoms with van der Waals surface area (Å²) in [6.45, 7) is 8.04. The molecule has 0 aromatic carbocycles. The van der Waals surface area contributed by atoms with Gasteiger partial charge in [-0.05, 0) is 27.0 Å². The molecule has 2 rings (SSSR count). The van der Waals surface area contributed by atoms with E-state index >= 15 is 0 Å². The van der Waals surface area contributed by atoms with Crippen LogP contribution in [0.3, 0.4) is 0 Å². The average molecular weight is 252 g/mol. The highest BCUT2D eigenvalue weighted by atomic mass is 16.4. The molecule has 0 unspecified atom stereocenters. The van der Waals surface area contributed by atoms with E-state index in [2.05, 4.69) is 30.7 Å². The summed E-state index contributed by atoms with van der Waals surface area (Å²) < 4.78 is 5.29. The molecule has 100 valence electrons. The average Bonchev–Trinajstić information content (AvgIpc) is 2.72. The molecule has 2 heterocycles. The van der Waals surface area contributed by atoms with Crippen molar-refractivity contribution in [1.82, 2.24) is 9.80 Å². The molecule has 1 saturated heterocycles. The number of rotatable bonds is 3. The highest BCUT2D eigenvalue weighted by Crippen LogP contribution is 2.21. The number of piperazine rings is 1. The lowest BCUT2D eigenvalue weighted by Crippen LogP contribution is -2.57. The molecule has 0 bridgehead atoms. The minimum atomic E-state index is -0.941. The molecule has 1 N–H and O–H groups in total. The highest BCUT2D eigenvalue weighted by molar-refractivity contribution is 5.87. The van der Waals surface area contributed by atoms with Crippen LogP contribution in [0.2, 0.25) is 0 Å². The van der Waals surface area contributed by atoms with Crippen LogP contribution in [0, 0.1) is 0 Å². The molecular formula is C13H20N2O3. The Morgan fingerprint density at radius 2 is 2.22 bits per heavy atom. The van der Waals surface area contributed by atoms with Gasteiger partial charge < -0.3 is 9.52 Å². The number of nitrogens with zero attached hydrogens (tertiary/aromatic N) is 2.